The van der Waals surface area contributed by atoms with Crippen LogP contribution in [0.25, 0.3) is 6.08 Å². The standard InChI is InChI=1S/C9H10N2O/c10-11(12)6-5-8-3-1-2-4-9(8)7-11/h1-6H,7,10H2. The quantitative estimate of drug-likeness (QED) is 0.355. The van der Waals surface area contributed by atoms with Gasteiger partial charge in [0, 0.05) is 11.6 Å². The second kappa shape index (κ2) is 2.42. The van der Waals surface area contributed by atoms with Gasteiger partial charge in [-0.15, -0.1) is 0 Å². The van der Waals surface area contributed by atoms with Crippen LogP contribution in [0, 0.1) is 5.21 Å². The molecule has 1 atom stereocenters. The Hall–Kier alpha value is -1.16. The van der Waals surface area contributed by atoms with E-state index in [1.807, 2.05) is 24.3 Å². The zero-order valence-corrected chi connectivity index (χ0v) is 6.60. The molecular weight excluding hydrogens is 152 g/mol. The minimum absolute atomic E-state index is 0.326. The van der Waals surface area contributed by atoms with Crippen molar-refractivity contribution < 1.29 is 4.76 Å². The number of rotatable bonds is 0. The molecule has 12 heavy (non-hydrogen) atoms. The summed E-state index contributed by atoms with van der Waals surface area (Å²) in [5.74, 6) is 5.39. The number of fused-ring (bicyclic) bond motifs is 1. The van der Waals surface area contributed by atoms with Gasteiger partial charge < -0.3 is 5.21 Å². The number of benzene rings is 1. The van der Waals surface area contributed by atoms with Crippen LogP contribution in [0.4, 0.5) is 0 Å². The summed E-state index contributed by atoms with van der Waals surface area (Å²) >= 11 is 0. The molecule has 1 aromatic carbocycles. The Morgan fingerprint density at radius 3 is 2.92 bits per heavy atom. The summed E-state index contributed by atoms with van der Waals surface area (Å²) in [6.45, 7) is 0.326. The summed E-state index contributed by atoms with van der Waals surface area (Å²) in [4.78, 5) is 0. The Bertz CT molecular complexity index is 331. The lowest BCUT2D eigenvalue weighted by molar-refractivity contribution is -0.855. The van der Waals surface area contributed by atoms with Crippen molar-refractivity contribution in [3.05, 3.63) is 46.8 Å². The average Bonchev–Trinajstić information content (AvgIpc) is 2.02. The predicted molar refractivity (Wildman–Crippen MR) is 47.0 cm³/mol. The van der Waals surface area contributed by atoms with Crippen molar-refractivity contribution in [2.45, 2.75) is 6.54 Å². The molecule has 0 radical (unpaired) electrons. The second-order valence-corrected chi connectivity index (χ2v) is 3.03. The number of nitrogens with zero attached hydrogens (tertiary/aromatic N) is 1. The lowest BCUT2D eigenvalue weighted by Gasteiger charge is -2.35. The van der Waals surface area contributed by atoms with Gasteiger partial charge in [-0.25, -0.2) is 0 Å². The van der Waals surface area contributed by atoms with Gasteiger partial charge in [0.2, 0.25) is 0 Å². The Morgan fingerprint density at radius 2 is 2.08 bits per heavy atom. The number of quaternary nitrogens is 1. The van der Waals surface area contributed by atoms with Crippen molar-refractivity contribution in [2.75, 3.05) is 0 Å². The Labute approximate surface area is 70.9 Å². The van der Waals surface area contributed by atoms with E-state index in [4.69, 9.17) is 5.84 Å². The van der Waals surface area contributed by atoms with E-state index in [0.29, 0.717) is 6.54 Å². The third-order valence-electron chi connectivity index (χ3n) is 1.98. The first-order valence-corrected chi connectivity index (χ1v) is 3.82. The highest BCUT2D eigenvalue weighted by Gasteiger charge is 2.15. The number of nitrogens with two attached hydrogens (primary N) is 1. The van der Waals surface area contributed by atoms with Crippen molar-refractivity contribution >= 4 is 6.08 Å². The normalized spacial score (nSPS) is 26.8. The molecule has 2 rings (SSSR count). The first kappa shape index (κ1) is 7.49. The number of hydrogen-bond acceptors (Lipinski definition) is 2. The van der Waals surface area contributed by atoms with E-state index >= 15 is 0 Å². The fourth-order valence-electron chi connectivity index (χ4n) is 1.37. The molecule has 0 aliphatic carbocycles. The molecule has 1 unspecified atom stereocenters. The molecule has 0 aromatic heterocycles. The maximum Gasteiger partial charge on any atom is 0.126 e. The monoisotopic (exact) mass is 162 g/mol. The second-order valence-electron chi connectivity index (χ2n) is 3.03. The molecule has 1 aliphatic heterocycles. The molecule has 62 valence electrons. The van der Waals surface area contributed by atoms with E-state index in [1.54, 1.807) is 6.08 Å². The van der Waals surface area contributed by atoms with Crippen LogP contribution in [-0.2, 0) is 6.54 Å². The van der Waals surface area contributed by atoms with E-state index in [0.717, 1.165) is 11.1 Å². The average molecular weight is 162 g/mol. The maximum atomic E-state index is 11.3. The molecule has 0 spiro atoms. The molecule has 1 heterocycles. The van der Waals surface area contributed by atoms with Gasteiger partial charge in [-0.2, -0.15) is 5.84 Å². The molecule has 3 heteroatoms. The third kappa shape index (κ3) is 1.25. The fraction of sp³-hybridized carbons (Fsp3) is 0.111. The van der Waals surface area contributed by atoms with Gasteiger partial charge in [0.15, 0.2) is 0 Å². The molecule has 0 saturated carbocycles. The van der Waals surface area contributed by atoms with Crippen molar-refractivity contribution in [3.8, 4) is 0 Å². The largest absolute Gasteiger partial charge is 0.607 e. The molecule has 1 aliphatic rings. The van der Waals surface area contributed by atoms with Crippen molar-refractivity contribution in [1.29, 1.82) is 0 Å². The zero-order valence-electron chi connectivity index (χ0n) is 6.60. The van der Waals surface area contributed by atoms with Crippen LogP contribution in [0.2, 0.25) is 0 Å². The highest BCUT2D eigenvalue weighted by Crippen LogP contribution is 2.20. The molecule has 2 N–H and O–H groups in total. The maximum absolute atomic E-state index is 11.3. The van der Waals surface area contributed by atoms with Crippen molar-refractivity contribution in [3.63, 3.8) is 0 Å². The van der Waals surface area contributed by atoms with Crippen LogP contribution in [0.5, 0.6) is 0 Å². The van der Waals surface area contributed by atoms with E-state index < -0.39 is 4.76 Å². The van der Waals surface area contributed by atoms with Gasteiger partial charge in [0.1, 0.15) is 12.7 Å². The van der Waals surface area contributed by atoms with Crippen LogP contribution >= 0.6 is 0 Å². The fourth-order valence-corrected chi connectivity index (χ4v) is 1.37. The van der Waals surface area contributed by atoms with E-state index in [-0.39, 0.29) is 0 Å². The SMILES string of the molecule is N[N+]1([O-])C=Cc2ccccc2C1. The third-order valence-corrected chi connectivity index (χ3v) is 1.98. The lowest BCUT2D eigenvalue weighted by atomic mass is 10.1. The van der Waals surface area contributed by atoms with Crippen LogP contribution < -0.4 is 5.84 Å². The first-order valence-electron chi connectivity index (χ1n) is 3.82. The van der Waals surface area contributed by atoms with Crippen LogP contribution in [0.1, 0.15) is 11.1 Å². The van der Waals surface area contributed by atoms with Gasteiger partial charge in [0.05, 0.1) is 0 Å². The molecule has 0 fully saturated rings. The van der Waals surface area contributed by atoms with Crippen LogP contribution in [0.3, 0.4) is 0 Å². The molecule has 1 aromatic rings. The lowest BCUT2D eigenvalue weighted by Crippen LogP contribution is -2.44. The predicted octanol–water partition coefficient (Wildman–Crippen LogP) is 1.36. The summed E-state index contributed by atoms with van der Waals surface area (Å²) < 4.78 is -0.795. The molecule has 0 amide bonds. The van der Waals surface area contributed by atoms with Gasteiger partial charge in [-0.3, -0.25) is 4.76 Å². The zero-order chi connectivity index (χ0) is 8.60. The van der Waals surface area contributed by atoms with Crippen LogP contribution in [-0.4, -0.2) is 4.76 Å². The summed E-state index contributed by atoms with van der Waals surface area (Å²) in [5, 5.41) is 11.3. The van der Waals surface area contributed by atoms with E-state index in [9.17, 15) is 5.21 Å². The summed E-state index contributed by atoms with van der Waals surface area (Å²) in [6.07, 6.45) is 3.23. The van der Waals surface area contributed by atoms with E-state index in [2.05, 4.69) is 0 Å². The number of hydroxylamine groups is 2. The van der Waals surface area contributed by atoms with Gasteiger partial charge in [-0.1, -0.05) is 24.3 Å². The Kier molecular flexibility index (Phi) is 1.51. The van der Waals surface area contributed by atoms with Gasteiger partial charge in [0.25, 0.3) is 0 Å². The van der Waals surface area contributed by atoms with Crippen molar-refractivity contribution in [2.24, 2.45) is 5.84 Å². The Balaban J connectivity index is 2.46. The highest BCUT2D eigenvalue weighted by molar-refractivity contribution is 5.53. The molecule has 0 bridgehead atoms. The number of hydrogen-bond donors (Lipinski definition) is 1. The molecular formula is C9H10N2O. The first-order chi connectivity index (χ1) is 5.67. The molecule has 3 nitrogen and oxygen atoms in total. The van der Waals surface area contributed by atoms with Gasteiger partial charge >= 0.3 is 0 Å². The van der Waals surface area contributed by atoms with Crippen LogP contribution in [0.15, 0.2) is 30.5 Å². The minimum atomic E-state index is -0.795. The highest BCUT2D eigenvalue weighted by atomic mass is 16.6. The summed E-state index contributed by atoms with van der Waals surface area (Å²) in [6, 6.07) is 7.77. The minimum Gasteiger partial charge on any atom is -0.607 e. The van der Waals surface area contributed by atoms with E-state index in [1.165, 1.54) is 6.20 Å². The molecule has 0 saturated heterocycles. The smallest absolute Gasteiger partial charge is 0.126 e. The summed E-state index contributed by atoms with van der Waals surface area (Å²) in [5.41, 5.74) is 2.10. The topological polar surface area (TPSA) is 49.1 Å². The Morgan fingerprint density at radius 1 is 1.33 bits per heavy atom. The van der Waals surface area contributed by atoms with Gasteiger partial charge in [-0.05, 0) is 5.56 Å². The van der Waals surface area contributed by atoms with Crippen molar-refractivity contribution in [1.82, 2.24) is 0 Å². The summed E-state index contributed by atoms with van der Waals surface area (Å²) in [7, 11) is 0.